The molecule has 9 aromatic rings. The van der Waals surface area contributed by atoms with E-state index in [1.807, 2.05) is 11.3 Å². The van der Waals surface area contributed by atoms with Gasteiger partial charge in [0.2, 0.25) is 0 Å². The first kappa shape index (κ1) is 29.8. The predicted molar refractivity (Wildman–Crippen MR) is 222 cm³/mol. The molecule has 0 saturated heterocycles. The van der Waals surface area contributed by atoms with Gasteiger partial charge in [-0.1, -0.05) is 117 Å². The molecule has 3 heteroatoms. The number of allylic oxidation sites excluding steroid dienone is 4. The highest BCUT2D eigenvalue weighted by Gasteiger charge is 2.45. The van der Waals surface area contributed by atoms with Gasteiger partial charge in [0.1, 0.15) is 11.2 Å². The summed E-state index contributed by atoms with van der Waals surface area (Å²) in [7, 11) is 0. The number of nitrogens with zero attached hydrogens (tertiary/aromatic N) is 1. The van der Waals surface area contributed by atoms with Crippen molar-refractivity contribution < 1.29 is 4.42 Å². The van der Waals surface area contributed by atoms with Crippen LogP contribution in [-0.4, -0.2) is 0 Å². The molecule has 11 rings (SSSR count). The number of thiophene rings is 1. The van der Waals surface area contributed by atoms with E-state index in [0.29, 0.717) is 11.8 Å². The van der Waals surface area contributed by atoms with Gasteiger partial charge < -0.3 is 9.32 Å². The standard InChI is InChI=1S/C49H35NOS/c1-49(2)40-19-9-8-16-36(40)37-18-10-17-35(47(37)49)30-22-24-34(25-23-30)50(33-14-4-3-5-15-33)41-20-11-21-43-45(41)46-44(52-43)27-26-38-39-28-31-12-6-7-13-32(31)29-42(39)51-48(38)46/h3-29,36,40H,1-2H3. The maximum Gasteiger partial charge on any atom is 0.144 e. The van der Waals surface area contributed by atoms with E-state index in [0.717, 1.165) is 39.0 Å². The van der Waals surface area contributed by atoms with Crippen LogP contribution in [-0.2, 0) is 5.41 Å². The van der Waals surface area contributed by atoms with Crippen LogP contribution in [0, 0.1) is 5.92 Å². The third kappa shape index (κ3) is 4.23. The minimum Gasteiger partial charge on any atom is -0.455 e. The van der Waals surface area contributed by atoms with Crippen LogP contribution in [0.3, 0.4) is 0 Å². The maximum absolute atomic E-state index is 6.82. The molecule has 2 aromatic heterocycles. The van der Waals surface area contributed by atoms with E-state index in [2.05, 4.69) is 183 Å². The number of hydrogen-bond acceptors (Lipinski definition) is 3. The zero-order chi connectivity index (χ0) is 34.6. The number of hydrogen-bond donors (Lipinski definition) is 0. The molecule has 52 heavy (non-hydrogen) atoms. The first-order chi connectivity index (χ1) is 25.5. The lowest BCUT2D eigenvalue weighted by atomic mass is 9.73. The van der Waals surface area contributed by atoms with E-state index >= 15 is 0 Å². The Morgan fingerprint density at radius 1 is 0.615 bits per heavy atom. The molecule has 0 bridgehead atoms. The Morgan fingerprint density at radius 2 is 1.35 bits per heavy atom. The largest absolute Gasteiger partial charge is 0.455 e. The van der Waals surface area contributed by atoms with Gasteiger partial charge in [-0.2, -0.15) is 0 Å². The second-order valence-corrected chi connectivity index (χ2v) is 16.0. The summed E-state index contributed by atoms with van der Waals surface area (Å²) in [6.07, 6.45) is 9.23. The highest BCUT2D eigenvalue weighted by molar-refractivity contribution is 7.26. The summed E-state index contributed by atoms with van der Waals surface area (Å²) in [6.45, 7) is 4.84. The summed E-state index contributed by atoms with van der Waals surface area (Å²) in [5.74, 6) is 0.903. The lowest BCUT2D eigenvalue weighted by Crippen LogP contribution is -2.25. The number of fused-ring (bicyclic) bond motifs is 11. The average Bonchev–Trinajstić information content (AvgIpc) is 3.82. The Hall–Kier alpha value is -5.90. The highest BCUT2D eigenvalue weighted by atomic mass is 32.1. The van der Waals surface area contributed by atoms with Crippen molar-refractivity contribution in [2.24, 2.45) is 5.92 Å². The molecule has 2 unspecified atom stereocenters. The van der Waals surface area contributed by atoms with Gasteiger partial charge in [0.05, 0.1) is 5.69 Å². The minimum atomic E-state index is 0.0387. The average molecular weight is 686 g/mol. The number of anilines is 3. The molecule has 0 amide bonds. The maximum atomic E-state index is 6.82. The van der Waals surface area contributed by atoms with Crippen molar-refractivity contribution in [3.8, 4) is 11.1 Å². The molecule has 2 aliphatic rings. The number of furan rings is 1. The second-order valence-electron chi connectivity index (χ2n) is 14.9. The van der Waals surface area contributed by atoms with Crippen molar-refractivity contribution in [3.05, 3.63) is 175 Å². The molecule has 0 fully saturated rings. The molecule has 0 N–H and O–H groups in total. The normalized spacial score (nSPS) is 17.4. The highest BCUT2D eigenvalue weighted by Crippen LogP contribution is 2.56. The number of para-hydroxylation sites is 1. The zero-order valence-electron chi connectivity index (χ0n) is 29.0. The van der Waals surface area contributed by atoms with E-state index in [9.17, 15) is 0 Å². The Kier molecular flexibility index (Phi) is 6.33. The Bertz CT molecular complexity index is 2940. The van der Waals surface area contributed by atoms with Gasteiger partial charge in [0.15, 0.2) is 0 Å². The van der Waals surface area contributed by atoms with E-state index < -0.39 is 0 Å². The molecular formula is C49H35NOS. The molecule has 2 aliphatic carbocycles. The van der Waals surface area contributed by atoms with Crippen LogP contribution in [0.5, 0.6) is 0 Å². The van der Waals surface area contributed by atoms with Crippen molar-refractivity contribution in [3.63, 3.8) is 0 Å². The third-order valence-corrected chi connectivity index (χ3v) is 12.8. The lowest BCUT2D eigenvalue weighted by molar-refractivity contribution is 0.395. The van der Waals surface area contributed by atoms with Gasteiger partial charge in [0.25, 0.3) is 0 Å². The van der Waals surface area contributed by atoms with Gasteiger partial charge in [-0.05, 0) is 105 Å². The summed E-state index contributed by atoms with van der Waals surface area (Å²) >= 11 is 1.83. The van der Waals surface area contributed by atoms with Crippen LogP contribution in [0.2, 0.25) is 0 Å². The number of rotatable bonds is 4. The fourth-order valence-electron chi connectivity index (χ4n) is 9.35. The van der Waals surface area contributed by atoms with Crippen LogP contribution in [0.25, 0.3) is 64.0 Å². The van der Waals surface area contributed by atoms with E-state index in [-0.39, 0.29) is 5.41 Å². The predicted octanol–water partition coefficient (Wildman–Crippen LogP) is 14.4. The van der Waals surface area contributed by atoms with Gasteiger partial charge >= 0.3 is 0 Å². The van der Waals surface area contributed by atoms with Crippen LogP contribution in [0.15, 0.2) is 168 Å². The van der Waals surface area contributed by atoms with Crippen molar-refractivity contribution in [2.75, 3.05) is 4.90 Å². The van der Waals surface area contributed by atoms with Crippen molar-refractivity contribution in [1.29, 1.82) is 0 Å². The Morgan fingerprint density at radius 3 is 2.19 bits per heavy atom. The zero-order valence-corrected chi connectivity index (χ0v) is 29.8. The molecule has 2 atom stereocenters. The summed E-state index contributed by atoms with van der Waals surface area (Å²) in [5, 5.41) is 7.13. The monoisotopic (exact) mass is 685 g/mol. The fraction of sp³-hybridized carbons (Fsp3) is 0.102. The van der Waals surface area contributed by atoms with E-state index in [4.69, 9.17) is 4.42 Å². The van der Waals surface area contributed by atoms with Crippen molar-refractivity contribution >= 4 is 81.3 Å². The molecule has 0 radical (unpaired) electrons. The Balaban J connectivity index is 1.10. The van der Waals surface area contributed by atoms with Crippen LogP contribution in [0.1, 0.15) is 30.9 Å². The second kappa shape index (κ2) is 11.0. The van der Waals surface area contributed by atoms with Gasteiger partial charge in [0, 0.05) is 48.2 Å². The molecule has 0 saturated carbocycles. The Labute approximate surface area is 306 Å². The molecule has 248 valence electrons. The molecule has 7 aromatic carbocycles. The van der Waals surface area contributed by atoms with Gasteiger partial charge in [-0.15, -0.1) is 11.3 Å². The third-order valence-electron chi connectivity index (χ3n) is 11.7. The van der Waals surface area contributed by atoms with Crippen LogP contribution in [0.4, 0.5) is 17.1 Å². The van der Waals surface area contributed by atoms with Gasteiger partial charge in [-0.3, -0.25) is 0 Å². The van der Waals surface area contributed by atoms with Crippen LogP contribution >= 0.6 is 11.3 Å². The van der Waals surface area contributed by atoms with E-state index in [1.165, 1.54) is 53.2 Å². The number of benzene rings is 7. The smallest absolute Gasteiger partial charge is 0.144 e. The quantitative estimate of drug-likeness (QED) is 0.183. The molecule has 2 heterocycles. The summed E-state index contributed by atoms with van der Waals surface area (Å²) in [5.41, 5.74) is 10.8. The summed E-state index contributed by atoms with van der Waals surface area (Å²) in [6, 6.07) is 51.1. The molecule has 0 spiro atoms. The summed E-state index contributed by atoms with van der Waals surface area (Å²) < 4.78 is 9.29. The fourth-order valence-corrected chi connectivity index (χ4v) is 10.5. The first-order valence-corrected chi connectivity index (χ1v) is 19.0. The SMILES string of the molecule is CC1(C)c2c(-c3ccc(N(c4ccccc4)c4cccc5sc6ccc7c8cc9ccccc9cc8oc7c6c45)cc3)cccc2C2C=CC=CC21. The van der Waals surface area contributed by atoms with Crippen molar-refractivity contribution in [1.82, 2.24) is 0 Å². The van der Waals surface area contributed by atoms with Crippen LogP contribution < -0.4 is 4.90 Å². The van der Waals surface area contributed by atoms with Crippen molar-refractivity contribution in [2.45, 2.75) is 25.2 Å². The lowest BCUT2D eigenvalue weighted by Gasteiger charge is -2.30. The van der Waals surface area contributed by atoms with E-state index in [1.54, 1.807) is 0 Å². The molecule has 2 nitrogen and oxygen atoms in total. The minimum absolute atomic E-state index is 0.0387. The summed E-state index contributed by atoms with van der Waals surface area (Å²) in [4.78, 5) is 2.41. The molecule has 0 aliphatic heterocycles. The topological polar surface area (TPSA) is 16.4 Å². The first-order valence-electron chi connectivity index (χ1n) is 18.2. The molecular weight excluding hydrogens is 651 g/mol. The van der Waals surface area contributed by atoms with Gasteiger partial charge in [-0.25, -0.2) is 0 Å².